The van der Waals surface area contributed by atoms with E-state index in [0.717, 1.165) is 25.7 Å². The monoisotopic (exact) mass is 195 g/mol. The summed E-state index contributed by atoms with van der Waals surface area (Å²) in [4.78, 5) is 1.96. The third-order valence-electron chi connectivity index (χ3n) is 2.25. The smallest absolute Gasteiger partial charge is 0.129 e. The molecule has 2 N–H and O–H groups in total. The number of allylic oxidation sites excluding steroid dienone is 1. The lowest BCUT2D eigenvalue weighted by Crippen LogP contribution is -2.33. The SMILES string of the molecule is CN(/C=C\C(=N)C=N)C1CCCCO1. The van der Waals surface area contributed by atoms with Crippen LogP contribution in [-0.4, -0.2) is 36.7 Å². The van der Waals surface area contributed by atoms with Crippen LogP contribution in [0.5, 0.6) is 0 Å². The zero-order chi connectivity index (χ0) is 10.4. The van der Waals surface area contributed by atoms with Crippen molar-refractivity contribution in [2.45, 2.75) is 25.5 Å². The molecule has 4 nitrogen and oxygen atoms in total. The van der Waals surface area contributed by atoms with Gasteiger partial charge >= 0.3 is 0 Å². The summed E-state index contributed by atoms with van der Waals surface area (Å²) >= 11 is 0. The van der Waals surface area contributed by atoms with Crippen molar-refractivity contribution in [3.63, 3.8) is 0 Å². The molecule has 0 spiro atoms. The van der Waals surface area contributed by atoms with Crippen molar-refractivity contribution < 1.29 is 4.74 Å². The molecule has 78 valence electrons. The summed E-state index contributed by atoms with van der Waals surface area (Å²) < 4.78 is 5.55. The summed E-state index contributed by atoms with van der Waals surface area (Å²) in [6, 6.07) is 0. The highest BCUT2D eigenvalue weighted by molar-refractivity contribution is 6.33. The maximum atomic E-state index is 7.25. The molecule has 0 aromatic rings. The topological polar surface area (TPSA) is 60.2 Å². The van der Waals surface area contributed by atoms with Crippen molar-refractivity contribution in [2.24, 2.45) is 0 Å². The van der Waals surface area contributed by atoms with E-state index in [1.54, 1.807) is 12.3 Å². The van der Waals surface area contributed by atoms with Gasteiger partial charge in [-0.25, -0.2) is 0 Å². The number of ether oxygens (including phenoxy) is 1. The molecule has 1 aliphatic rings. The predicted octanol–water partition coefficient (Wildman–Crippen LogP) is 1.63. The number of nitrogens with zero attached hydrogens (tertiary/aromatic N) is 1. The summed E-state index contributed by atoms with van der Waals surface area (Å²) in [6.45, 7) is 0.824. The van der Waals surface area contributed by atoms with Crippen molar-refractivity contribution in [1.29, 1.82) is 10.8 Å². The third-order valence-corrected chi connectivity index (χ3v) is 2.25. The van der Waals surface area contributed by atoms with Crippen LogP contribution in [0.1, 0.15) is 19.3 Å². The van der Waals surface area contributed by atoms with Gasteiger partial charge in [0.15, 0.2) is 0 Å². The number of nitrogens with one attached hydrogen (secondary N) is 2. The molecule has 0 amide bonds. The molecule has 1 saturated heterocycles. The summed E-state index contributed by atoms with van der Waals surface area (Å²) in [5.74, 6) is 0. The lowest BCUT2D eigenvalue weighted by Gasteiger charge is -2.30. The Bertz CT molecular complexity index is 232. The standard InChI is InChI=1S/C10H17N3O/c1-13(6-5-9(12)8-11)10-4-2-3-7-14-10/h5-6,8,10-12H,2-4,7H2,1H3/b6-5-,11-8?,12-9?. The van der Waals surface area contributed by atoms with Gasteiger partial charge in [0.2, 0.25) is 0 Å². The summed E-state index contributed by atoms with van der Waals surface area (Å²) in [7, 11) is 1.93. The maximum Gasteiger partial charge on any atom is 0.129 e. The molecule has 14 heavy (non-hydrogen) atoms. The molecule has 1 heterocycles. The molecular formula is C10H17N3O. The highest BCUT2D eigenvalue weighted by atomic mass is 16.5. The van der Waals surface area contributed by atoms with Gasteiger partial charge in [-0.3, -0.25) is 5.41 Å². The fraction of sp³-hybridized carbons (Fsp3) is 0.600. The Hall–Kier alpha value is -1.16. The van der Waals surface area contributed by atoms with E-state index in [0.29, 0.717) is 0 Å². The molecule has 0 aromatic carbocycles. The first-order valence-electron chi connectivity index (χ1n) is 4.85. The molecule has 1 aliphatic heterocycles. The van der Waals surface area contributed by atoms with Crippen LogP contribution in [0.15, 0.2) is 12.3 Å². The maximum absolute atomic E-state index is 7.25. The van der Waals surface area contributed by atoms with Crippen LogP contribution in [0.4, 0.5) is 0 Å². The minimum atomic E-state index is 0.138. The second-order valence-electron chi connectivity index (χ2n) is 3.40. The molecule has 0 bridgehead atoms. The van der Waals surface area contributed by atoms with Crippen LogP contribution >= 0.6 is 0 Å². The largest absolute Gasteiger partial charge is 0.358 e. The van der Waals surface area contributed by atoms with E-state index in [9.17, 15) is 0 Å². The third kappa shape index (κ3) is 3.30. The second-order valence-corrected chi connectivity index (χ2v) is 3.40. The molecule has 1 rings (SSSR count). The van der Waals surface area contributed by atoms with Gasteiger partial charge in [0, 0.05) is 26.1 Å². The Kier molecular flexibility index (Phi) is 4.32. The first kappa shape index (κ1) is 10.9. The fourth-order valence-electron chi connectivity index (χ4n) is 1.39. The molecule has 0 aliphatic carbocycles. The molecule has 0 radical (unpaired) electrons. The molecular weight excluding hydrogens is 178 g/mol. The molecule has 1 unspecified atom stereocenters. The highest BCUT2D eigenvalue weighted by Gasteiger charge is 2.15. The van der Waals surface area contributed by atoms with Crippen molar-refractivity contribution >= 4 is 11.9 Å². The van der Waals surface area contributed by atoms with Crippen LogP contribution in [0.2, 0.25) is 0 Å². The van der Waals surface area contributed by atoms with E-state index < -0.39 is 0 Å². The second kappa shape index (κ2) is 5.54. The van der Waals surface area contributed by atoms with Gasteiger partial charge in [0.1, 0.15) is 6.23 Å². The van der Waals surface area contributed by atoms with Crippen molar-refractivity contribution in [2.75, 3.05) is 13.7 Å². The van der Waals surface area contributed by atoms with Crippen LogP contribution < -0.4 is 0 Å². The highest BCUT2D eigenvalue weighted by Crippen LogP contribution is 2.15. The average molecular weight is 195 g/mol. The van der Waals surface area contributed by atoms with Gasteiger partial charge in [-0.2, -0.15) is 0 Å². The molecule has 0 saturated carbocycles. The summed E-state index contributed by atoms with van der Waals surface area (Å²) in [5.41, 5.74) is 0.202. The van der Waals surface area contributed by atoms with E-state index in [4.69, 9.17) is 15.6 Å². The Morgan fingerprint density at radius 1 is 1.50 bits per heavy atom. The van der Waals surface area contributed by atoms with E-state index in [-0.39, 0.29) is 11.9 Å². The first-order chi connectivity index (χ1) is 6.74. The summed E-state index contributed by atoms with van der Waals surface area (Å²) in [6.07, 6.45) is 7.94. The molecule has 1 atom stereocenters. The zero-order valence-corrected chi connectivity index (χ0v) is 8.49. The predicted molar refractivity (Wildman–Crippen MR) is 57.0 cm³/mol. The first-order valence-corrected chi connectivity index (χ1v) is 4.85. The average Bonchev–Trinajstić information content (AvgIpc) is 2.26. The van der Waals surface area contributed by atoms with Gasteiger partial charge in [-0.15, -0.1) is 0 Å². The van der Waals surface area contributed by atoms with Crippen LogP contribution in [-0.2, 0) is 4.74 Å². The number of hydrogen-bond donors (Lipinski definition) is 2. The van der Waals surface area contributed by atoms with Gasteiger partial charge < -0.3 is 15.0 Å². The molecule has 4 heteroatoms. The van der Waals surface area contributed by atoms with Crippen LogP contribution in [0.3, 0.4) is 0 Å². The van der Waals surface area contributed by atoms with E-state index >= 15 is 0 Å². The zero-order valence-electron chi connectivity index (χ0n) is 8.49. The molecule has 0 aromatic heterocycles. The van der Waals surface area contributed by atoms with Gasteiger partial charge in [-0.05, 0) is 25.3 Å². The van der Waals surface area contributed by atoms with E-state index in [1.807, 2.05) is 11.9 Å². The quantitative estimate of drug-likeness (QED) is 0.670. The summed E-state index contributed by atoms with van der Waals surface area (Å²) in [5, 5.41) is 14.1. The minimum absolute atomic E-state index is 0.138. The van der Waals surface area contributed by atoms with Gasteiger partial charge in [0.05, 0.1) is 5.71 Å². The van der Waals surface area contributed by atoms with Crippen molar-refractivity contribution in [1.82, 2.24) is 4.90 Å². The fourth-order valence-corrected chi connectivity index (χ4v) is 1.39. The number of hydrogen-bond acceptors (Lipinski definition) is 4. The minimum Gasteiger partial charge on any atom is -0.358 e. The van der Waals surface area contributed by atoms with Crippen LogP contribution in [0.25, 0.3) is 0 Å². The normalized spacial score (nSPS) is 22.2. The molecule has 1 fully saturated rings. The van der Waals surface area contributed by atoms with Gasteiger partial charge in [0.25, 0.3) is 0 Å². The van der Waals surface area contributed by atoms with E-state index in [1.165, 1.54) is 6.42 Å². The van der Waals surface area contributed by atoms with Crippen LogP contribution in [0, 0.1) is 10.8 Å². The van der Waals surface area contributed by atoms with Gasteiger partial charge in [-0.1, -0.05) is 0 Å². The Labute approximate surface area is 84.6 Å². The van der Waals surface area contributed by atoms with E-state index in [2.05, 4.69) is 0 Å². The Balaban J connectivity index is 2.39. The Morgan fingerprint density at radius 2 is 2.29 bits per heavy atom. The Morgan fingerprint density at radius 3 is 2.86 bits per heavy atom. The lowest BCUT2D eigenvalue weighted by molar-refractivity contribution is -0.0559. The van der Waals surface area contributed by atoms with Crippen molar-refractivity contribution in [3.8, 4) is 0 Å². The number of rotatable bonds is 4. The van der Waals surface area contributed by atoms with Crippen molar-refractivity contribution in [3.05, 3.63) is 12.3 Å². The lowest BCUT2D eigenvalue weighted by atomic mass is 10.2.